The Bertz CT molecular complexity index is 353. The quantitative estimate of drug-likeness (QED) is 0.572. The SMILES string of the molecule is C#CCCNC(=O)c1ccc(F)cn1. The molecule has 1 N–H and O–H groups in total. The van der Waals surface area contributed by atoms with E-state index in [9.17, 15) is 9.18 Å². The van der Waals surface area contributed by atoms with Gasteiger partial charge in [-0.1, -0.05) is 0 Å². The highest BCUT2D eigenvalue weighted by molar-refractivity contribution is 5.92. The van der Waals surface area contributed by atoms with Crippen LogP contribution >= 0.6 is 0 Å². The minimum Gasteiger partial charge on any atom is -0.350 e. The number of terminal acetylenes is 1. The molecule has 0 saturated carbocycles. The van der Waals surface area contributed by atoms with Crippen molar-refractivity contribution in [1.29, 1.82) is 0 Å². The van der Waals surface area contributed by atoms with E-state index in [0.717, 1.165) is 6.20 Å². The predicted molar refractivity (Wildman–Crippen MR) is 50.0 cm³/mol. The number of nitrogens with zero attached hydrogens (tertiary/aromatic N) is 1. The van der Waals surface area contributed by atoms with Gasteiger partial charge in [0, 0.05) is 13.0 Å². The van der Waals surface area contributed by atoms with Crippen LogP contribution < -0.4 is 5.32 Å². The highest BCUT2D eigenvalue weighted by Crippen LogP contribution is 1.97. The topological polar surface area (TPSA) is 42.0 Å². The van der Waals surface area contributed by atoms with Gasteiger partial charge in [0.1, 0.15) is 11.5 Å². The lowest BCUT2D eigenvalue weighted by atomic mass is 10.3. The van der Waals surface area contributed by atoms with E-state index in [1.807, 2.05) is 0 Å². The Morgan fingerprint density at radius 2 is 2.43 bits per heavy atom. The molecule has 0 aliphatic heterocycles. The first-order valence-corrected chi connectivity index (χ1v) is 4.07. The first kappa shape index (κ1) is 10.2. The summed E-state index contributed by atoms with van der Waals surface area (Å²) in [5.41, 5.74) is 0.184. The van der Waals surface area contributed by atoms with Crippen molar-refractivity contribution >= 4 is 5.91 Å². The lowest BCUT2D eigenvalue weighted by molar-refractivity contribution is 0.0949. The van der Waals surface area contributed by atoms with Gasteiger partial charge in [0.05, 0.1) is 6.20 Å². The lowest BCUT2D eigenvalue weighted by Crippen LogP contribution is -2.25. The molecule has 0 aromatic carbocycles. The summed E-state index contributed by atoms with van der Waals surface area (Å²) in [6, 6.07) is 2.50. The van der Waals surface area contributed by atoms with Crippen molar-refractivity contribution in [2.24, 2.45) is 0 Å². The third-order valence-corrected chi connectivity index (χ3v) is 1.51. The third-order valence-electron chi connectivity index (χ3n) is 1.51. The molecular formula is C10H9FN2O. The van der Waals surface area contributed by atoms with Crippen LogP contribution in [0.25, 0.3) is 0 Å². The zero-order valence-corrected chi connectivity index (χ0v) is 7.46. The first-order chi connectivity index (χ1) is 6.74. The van der Waals surface area contributed by atoms with Crippen LogP contribution in [0.15, 0.2) is 18.3 Å². The molecule has 0 fully saturated rings. The molecule has 1 amide bonds. The number of nitrogens with one attached hydrogen (secondary N) is 1. The maximum atomic E-state index is 12.4. The second kappa shape index (κ2) is 4.97. The van der Waals surface area contributed by atoms with Crippen molar-refractivity contribution in [3.8, 4) is 12.3 Å². The van der Waals surface area contributed by atoms with E-state index in [1.165, 1.54) is 12.1 Å². The highest BCUT2D eigenvalue weighted by Gasteiger charge is 2.05. The summed E-state index contributed by atoms with van der Waals surface area (Å²) in [5.74, 6) is 1.57. The van der Waals surface area contributed by atoms with Gasteiger partial charge in [-0.05, 0) is 12.1 Å². The van der Waals surface area contributed by atoms with Crippen LogP contribution in [0.2, 0.25) is 0 Å². The number of halogens is 1. The molecule has 0 unspecified atom stereocenters. The van der Waals surface area contributed by atoms with Crippen molar-refractivity contribution < 1.29 is 9.18 Å². The van der Waals surface area contributed by atoms with Crippen LogP contribution in [-0.2, 0) is 0 Å². The molecule has 4 heteroatoms. The molecule has 72 valence electrons. The highest BCUT2D eigenvalue weighted by atomic mass is 19.1. The molecule has 1 aromatic heterocycles. The standard InChI is InChI=1S/C10H9FN2O/c1-2-3-6-12-10(14)9-5-4-8(11)7-13-9/h1,4-5,7H,3,6H2,(H,12,14). The molecule has 0 radical (unpaired) electrons. The molecule has 3 nitrogen and oxygen atoms in total. The fourth-order valence-electron chi connectivity index (χ4n) is 0.849. The average Bonchev–Trinajstić information content (AvgIpc) is 2.19. The fourth-order valence-corrected chi connectivity index (χ4v) is 0.849. The number of aromatic nitrogens is 1. The summed E-state index contributed by atoms with van der Waals surface area (Å²) in [5, 5.41) is 2.55. The smallest absolute Gasteiger partial charge is 0.269 e. The van der Waals surface area contributed by atoms with Crippen LogP contribution in [0.1, 0.15) is 16.9 Å². The van der Waals surface area contributed by atoms with E-state index in [2.05, 4.69) is 16.2 Å². The molecule has 0 aliphatic rings. The van der Waals surface area contributed by atoms with Crippen molar-refractivity contribution in [3.05, 3.63) is 29.8 Å². The number of hydrogen-bond acceptors (Lipinski definition) is 2. The van der Waals surface area contributed by atoms with Gasteiger partial charge in [-0.25, -0.2) is 9.37 Å². The number of rotatable bonds is 3. The summed E-state index contributed by atoms with van der Waals surface area (Å²) in [7, 11) is 0. The van der Waals surface area contributed by atoms with Gasteiger partial charge in [0.15, 0.2) is 0 Å². The van der Waals surface area contributed by atoms with E-state index in [1.54, 1.807) is 0 Å². The van der Waals surface area contributed by atoms with Crippen LogP contribution in [0.5, 0.6) is 0 Å². The molecule has 1 rings (SSSR count). The average molecular weight is 192 g/mol. The zero-order chi connectivity index (χ0) is 10.4. The van der Waals surface area contributed by atoms with Crippen molar-refractivity contribution in [2.75, 3.05) is 6.54 Å². The maximum absolute atomic E-state index is 12.4. The normalized spacial score (nSPS) is 9.14. The maximum Gasteiger partial charge on any atom is 0.269 e. The molecule has 1 aromatic rings. The van der Waals surface area contributed by atoms with E-state index >= 15 is 0 Å². The summed E-state index contributed by atoms with van der Waals surface area (Å²) >= 11 is 0. The Balaban J connectivity index is 2.53. The van der Waals surface area contributed by atoms with Gasteiger partial charge < -0.3 is 5.32 Å². The Kier molecular flexibility index (Phi) is 3.62. The third kappa shape index (κ3) is 2.87. The molecular weight excluding hydrogens is 183 g/mol. The summed E-state index contributed by atoms with van der Waals surface area (Å²) in [6.45, 7) is 0.397. The minimum absolute atomic E-state index is 0.184. The van der Waals surface area contributed by atoms with Gasteiger partial charge in [-0.15, -0.1) is 12.3 Å². The molecule has 0 spiro atoms. The summed E-state index contributed by atoms with van der Waals surface area (Å²) in [6.07, 6.45) is 6.47. The van der Waals surface area contributed by atoms with Gasteiger partial charge in [0.2, 0.25) is 0 Å². The van der Waals surface area contributed by atoms with Gasteiger partial charge in [-0.3, -0.25) is 4.79 Å². The molecule has 0 aliphatic carbocycles. The Labute approximate surface area is 81.4 Å². The molecule has 0 saturated heterocycles. The Morgan fingerprint density at radius 3 is 3.00 bits per heavy atom. The van der Waals surface area contributed by atoms with Crippen LogP contribution in [-0.4, -0.2) is 17.4 Å². The van der Waals surface area contributed by atoms with Crippen LogP contribution in [0.3, 0.4) is 0 Å². The number of carbonyl (C=O) groups excluding carboxylic acids is 1. The van der Waals surface area contributed by atoms with E-state index in [4.69, 9.17) is 6.42 Å². The summed E-state index contributed by atoms with van der Waals surface area (Å²) < 4.78 is 12.4. The van der Waals surface area contributed by atoms with Gasteiger partial charge >= 0.3 is 0 Å². The van der Waals surface area contributed by atoms with Crippen LogP contribution in [0, 0.1) is 18.2 Å². The number of pyridine rings is 1. The molecule has 0 atom stereocenters. The number of hydrogen-bond donors (Lipinski definition) is 1. The molecule has 0 bridgehead atoms. The van der Waals surface area contributed by atoms with Crippen LogP contribution in [0.4, 0.5) is 4.39 Å². The molecule has 1 heterocycles. The second-order valence-corrected chi connectivity index (χ2v) is 2.57. The largest absolute Gasteiger partial charge is 0.350 e. The predicted octanol–water partition coefficient (Wildman–Crippen LogP) is 0.974. The minimum atomic E-state index is -0.467. The van der Waals surface area contributed by atoms with E-state index in [-0.39, 0.29) is 11.6 Å². The van der Waals surface area contributed by atoms with E-state index in [0.29, 0.717) is 13.0 Å². The lowest BCUT2D eigenvalue weighted by Gasteiger charge is -2.01. The summed E-state index contributed by atoms with van der Waals surface area (Å²) in [4.78, 5) is 14.9. The zero-order valence-electron chi connectivity index (χ0n) is 7.46. The van der Waals surface area contributed by atoms with Gasteiger partial charge in [-0.2, -0.15) is 0 Å². The number of carbonyl (C=O) groups is 1. The van der Waals surface area contributed by atoms with Crippen molar-refractivity contribution in [1.82, 2.24) is 10.3 Å². The van der Waals surface area contributed by atoms with E-state index < -0.39 is 5.82 Å². The van der Waals surface area contributed by atoms with Gasteiger partial charge in [0.25, 0.3) is 5.91 Å². The Morgan fingerprint density at radius 1 is 1.64 bits per heavy atom. The second-order valence-electron chi connectivity index (χ2n) is 2.57. The van der Waals surface area contributed by atoms with Crippen molar-refractivity contribution in [3.63, 3.8) is 0 Å². The Hall–Kier alpha value is -1.89. The van der Waals surface area contributed by atoms with Crippen molar-refractivity contribution in [2.45, 2.75) is 6.42 Å². The fraction of sp³-hybridized carbons (Fsp3) is 0.200. The monoisotopic (exact) mass is 192 g/mol. The molecule has 14 heavy (non-hydrogen) atoms. The first-order valence-electron chi connectivity index (χ1n) is 4.07. The number of amides is 1.